The van der Waals surface area contributed by atoms with Crippen molar-refractivity contribution in [3.8, 4) is 0 Å². The Kier molecular flexibility index (Phi) is 3.47. The molecule has 0 atom stereocenters. The van der Waals surface area contributed by atoms with Crippen LogP contribution in [-0.2, 0) is 11.8 Å². The van der Waals surface area contributed by atoms with Gasteiger partial charge in [-0.25, -0.2) is 0 Å². The van der Waals surface area contributed by atoms with Crippen molar-refractivity contribution in [2.45, 2.75) is 46.0 Å². The summed E-state index contributed by atoms with van der Waals surface area (Å²) in [5.74, 6) is 0. The largest absolute Gasteiger partial charge is 0.305 e. The predicted octanol–water partition coefficient (Wildman–Crippen LogP) is 3.49. The van der Waals surface area contributed by atoms with Crippen LogP contribution in [0.2, 0.25) is 0 Å². The molecular formula is C18H21N3O. The summed E-state index contributed by atoms with van der Waals surface area (Å²) in [5, 5.41) is 0.922. The molecule has 114 valence electrons. The maximum Gasteiger partial charge on any atom is 0.273 e. The molecule has 0 saturated carbocycles. The molecule has 0 spiro atoms. The normalized spacial score (nSPS) is 12.2. The summed E-state index contributed by atoms with van der Waals surface area (Å²) in [6.45, 7) is 8.54. The molecule has 3 rings (SSSR count). The molecule has 0 N–H and O–H groups in total. The van der Waals surface area contributed by atoms with E-state index in [1.165, 1.54) is 0 Å². The molecule has 0 aliphatic carbocycles. The van der Waals surface area contributed by atoms with E-state index in [4.69, 9.17) is 4.98 Å². The van der Waals surface area contributed by atoms with Crippen molar-refractivity contribution in [1.29, 1.82) is 0 Å². The third-order valence-electron chi connectivity index (χ3n) is 3.87. The Morgan fingerprint density at radius 1 is 1.14 bits per heavy atom. The van der Waals surface area contributed by atoms with Gasteiger partial charge in [0, 0.05) is 34.5 Å². The molecule has 0 aromatic carbocycles. The van der Waals surface area contributed by atoms with Crippen LogP contribution in [0.5, 0.6) is 0 Å². The first-order chi connectivity index (χ1) is 10.4. The number of nitrogens with zero attached hydrogens (tertiary/aromatic N) is 3. The smallest absolute Gasteiger partial charge is 0.273 e. The lowest BCUT2D eigenvalue weighted by molar-refractivity contribution is 0.571. The van der Waals surface area contributed by atoms with Crippen molar-refractivity contribution in [2.75, 3.05) is 0 Å². The van der Waals surface area contributed by atoms with E-state index in [2.05, 4.69) is 32.7 Å². The van der Waals surface area contributed by atoms with Gasteiger partial charge < -0.3 is 4.40 Å². The quantitative estimate of drug-likeness (QED) is 0.680. The van der Waals surface area contributed by atoms with Gasteiger partial charge in [-0.2, -0.15) is 4.98 Å². The van der Waals surface area contributed by atoms with E-state index in [0.29, 0.717) is 5.65 Å². The zero-order valence-electron chi connectivity index (χ0n) is 13.6. The lowest BCUT2D eigenvalue weighted by atomic mass is 9.91. The van der Waals surface area contributed by atoms with E-state index in [1.807, 2.05) is 28.8 Å². The van der Waals surface area contributed by atoms with Crippen molar-refractivity contribution in [3.05, 3.63) is 52.2 Å². The zero-order chi connectivity index (χ0) is 15.9. The molecule has 3 heterocycles. The second-order valence-electron chi connectivity index (χ2n) is 6.72. The number of hydrogen-bond donors (Lipinski definition) is 0. The highest BCUT2D eigenvalue weighted by molar-refractivity contribution is 5.91. The van der Waals surface area contributed by atoms with Gasteiger partial charge in [0.1, 0.15) is 0 Å². The number of hydrogen-bond acceptors (Lipinski definition) is 3. The Bertz CT molecular complexity index is 904. The highest BCUT2D eigenvalue weighted by atomic mass is 16.1. The van der Waals surface area contributed by atoms with Gasteiger partial charge in [-0.1, -0.05) is 34.1 Å². The van der Waals surface area contributed by atoms with Crippen LogP contribution in [0.25, 0.3) is 16.6 Å². The van der Waals surface area contributed by atoms with E-state index in [9.17, 15) is 4.79 Å². The molecule has 0 bridgehead atoms. The fourth-order valence-electron chi connectivity index (χ4n) is 2.70. The van der Waals surface area contributed by atoms with Crippen molar-refractivity contribution < 1.29 is 0 Å². The first kappa shape index (κ1) is 14.7. The monoisotopic (exact) mass is 295 g/mol. The molecule has 3 aromatic rings. The molecule has 22 heavy (non-hydrogen) atoms. The molecule has 0 aliphatic heterocycles. The predicted molar refractivity (Wildman–Crippen MR) is 89.5 cm³/mol. The third kappa shape index (κ3) is 2.49. The van der Waals surface area contributed by atoms with Crippen molar-refractivity contribution in [1.82, 2.24) is 14.4 Å². The van der Waals surface area contributed by atoms with Gasteiger partial charge >= 0.3 is 0 Å². The summed E-state index contributed by atoms with van der Waals surface area (Å²) < 4.78 is 2.01. The third-order valence-corrected chi connectivity index (χ3v) is 3.87. The maximum absolute atomic E-state index is 11.9. The molecular weight excluding hydrogens is 274 g/mol. The van der Waals surface area contributed by atoms with Gasteiger partial charge in [0.05, 0.1) is 5.52 Å². The summed E-state index contributed by atoms with van der Waals surface area (Å²) in [5.41, 5.74) is 3.43. The summed E-state index contributed by atoms with van der Waals surface area (Å²) >= 11 is 0. The molecule has 0 amide bonds. The van der Waals surface area contributed by atoms with E-state index in [-0.39, 0.29) is 11.0 Å². The van der Waals surface area contributed by atoms with Crippen LogP contribution < -0.4 is 5.56 Å². The van der Waals surface area contributed by atoms with Crippen LogP contribution in [0.4, 0.5) is 0 Å². The van der Waals surface area contributed by atoms with Crippen LogP contribution in [0, 0.1) is 0 Å². The lowest BCUT2D eigenvalue weighted by Crippen LogP contribution is -2.15. The molecule has 0 radical (unpaired) electrons. The van der Waals surface area contributed by atoms with Gasteiger partial charge in [0.2, 0.25) is 0 Å². The fourth-order valence-corrected chi connectivity index (χ4v) is 2.70. The fraction of sp³-hybridized carbons (Fsp3) is 0.389. The molecule has 0 fully saturated rings. The molecule has 0 aliphatic rings. The maximum atomic E-state index is 11.9. The molecule has 0 unspecified atom stereocenters. The molecule has 4 nitrogen and oxygen atoms in total. The standard InChI is InChI=1S/C18H21N3O/c1-5-6-12-11-16(22)20-17-13-7-8-15(18(2,3)4)19-14(13)9-10-21(12)17/h7-11H,5-6H2,1-4H3. The average Bonchev–Trinajstić information content (AvgIpc) is 2.45. The summed E-state index contributed by atoms with van der Waals surface area (Å²) in [4.78, 5) is 20.9. The van der Waals surface area contributed by atoms with E-state index in [0.717, 1.165) is 35.1 Å². The Hall–Kier alpha value is -2.23. The minimum Gasteiger partial charge on any atom is -0.305 e. The summed E-state index contributed by atoms with van der Waals surface area (Å²) in [6, 6.07) is 7.68. The number of pyridine rings is 2. The van der Waals surface area contributed by atoms with Gasteiger partial charge in [0.15, 0.2) is 5.65 Å². The molecule has 3 aromatic heterocycles. The van der Waals surface area contributed by atoms with Gasteiger partial charge in [-0.15, -0.1) is 0 Å². The van der Waals surface area contributed by atoms with Crippen LogP contribution in [0.3, 0.4) is 0 Å². The molecule has 4 heteroatoms. The van der Waals surface area contributed by atoms with Crippen LogP contribution in [-0.4, -0.2) is 14.4 Å². The van der Waals surface area contributed by atoms with Gasteiger partial charge in [-0.05, 0) is 24.6 Å². The second kappa shape index (κ2) is 5.20. The Balaban J connectivity index is 2.34. The van der Waals surface area contributed by atoms with Crippen LogP contribution >= 0.6 is 0 Å². The van der Waals surface area contributed by atoms with Crippen LogP contribution in [0.1, 0.15) is 45.5 Å². The SMILES string of the molecule is CCCc1cc(=O)nc2c3ccc(C(C)(C)C)nc3ccn12. The Labute approximate surface area is 129 Å². The number of aryl methyl sites for hydroxylation is 1. The minimum atomic E-state index is -0.184. The van der Waals surface area contributed by atoms with E-state index in [1.54, 1.807) is 6.07 Å². The topological polar surface area (TPSA) is 47.3 Å². The first-order valence-corrected chi connectivity index (χ1v) is 7.72. The Morgan fingerprint density at radius 3 is 2.59 bits per heavy atom. The minimum absolute atomic E-state index is 0.00251. The van der Waals surface area contributed by atoms with Crippen molar-refractivity contribution in [3.63, 3.8) is 0 Å². The zero-order valence-corrected chi connectivity index (χ0v) is 13.6. The highest BCUT2D eigenvalue weighted by Gasteiger charge is 2.16. The second-order valence-corrected chi connectivity index (χ2v) is 6.72. The van der Waals surface area contributed by atoms with Gasteiger partial charge in [0.25, 0.3) is 5.56 Å². The van der Waals surface area contributed by atoms with E-state index >= 15 is 0 Å². The van der Waals surface area contributed by atoms with Crippen molar-refractivity contribution >= 4 is 16.6 Å². The number of aromatic nitrogens is 3. The average molecular weight is 295 g/mol. The van der Waals surface area contributed by atoms with Crippen LogP contribution in [0.15, 0.2) is 35.3 Å². The van der Waals surface area contributed by atoms with E-state index < -0.39 is 0 Å². The summed E-state index contributed by atoms with van der Waals surface area (Å²) in [7, 11) is 0. The summed E-state index contributed by atoms with van der Waals surface area (Å²) in [6.07, 6.45) is 3.82. The van der Waals surface area contributed by atoms with Crippen molar-refractivity contribution in [2.24, 2.45) is 0 Å². The molecule has 0 saturated heterocycles. The number of fused-ring (bicyclic) bond motifs is 3. The lowest BCUT2D eigenvalue weighted by Gasteiger charge is -2.18. The Morgan fingerprint density at radius 2 is 1.91 bits per heavy atom. The first-order valence-electron chi connectivity index (χ1n) is 7.72. The number of rotatable bonds is 2. The van der Waals surface area contributed by atoms with Gasteiger partial charge in [-0.3, -0.25) is 9.78 Å². The highest BCUT2D eigenvalue weighted by Crippen LogP contribution is 2.24.